The summed E-state index contributed by atoms with van der Waals surface area (Å²) in [6.45, 7) is 3.11. The lowest BCUT2D eigenvalue weighted by molar-refractivity contribution is -0.115. The van der Waals surface area contributed by atoms with Gasteiger partial charge in [-0.15, -0.1) is 0 Å². The predicted molar refractivity (Wildman–Crippen MR) is 57.7 cm³/mol. The quantitative estimate of drug-likeness (QED) is 0.745. The number of carbonyl (C=O) groups excluding carboxylic acids is 1. The van der Waals surface area contributed by atoms with Gasteiger partial charge in [-0.05, 0) is 25.1 Å². The van der Waals surface area contributed by atoms with Gasteiger partial charge in [0.05, 0.1) is 29.6 Å². The van der Waals surface area contributed by atoms with Crippen LogP contribution in [0.2, 0.25) is 0 Å². The van der Waals surface area contributed by atoms with Gasteiger partial charge in [-0.25, -0.2) is 0 Å². The standard InChI is InChI=1S/C11H11N3O/c1-2-14-7-11(15)13-9-4-3-8(6-12)5-10(9)14/h3-5H,2,7H2,1H3,(H,13,15). The molecular formula is C11H11N3O. The van der Waals surface area contributed by atoms with E-state index in [-0.39, 0.29) is 5.91 Å². The molecule has 0 saturated carbocycles. The van der Waals surface area contributed by atoms with Crippen molar-refractivity contribution in [2.45, 2.75) is 6.92 Å². The average molecular weight is 201 g/mol. The molecule has 76 valence electrons. The molecule has 1 aromatic rings. The van der Waals surface area contributed by atoms with Gasteiger partial charge in [-0.3, -0.25) is 4.79 Å². The van der Waals surface area contributed by atoms with Crippen molar-refractivity contribution in [3.63, 3.8) is 0 Å². The van der Waals surface area contributed by atoms with Crippen molar-refractivity contribution in [1.29, 1.82) is 5.26 Å². The van der Waals surface area contributed by atoms with Crippen molar-refractivity contribution < 1.29 is 4.79 Å². The molecule has 0 bridgehead atoms. The molecule has 1 heterocycles. The fourth-order valence-corrected chi connectivity index (χ4v) is 1.70. The van der Waals surface area contributed by atoms with E-state index in [4.69, 9.17) is 5.26 Å². The number of anilines is 2. The third-order valence-corrected chi connectivity index (χ3v) is 2.46. The predicted octanol–water partition coefficient (Wildman–Crippen LogP) is 1.34. The number of nitrogens with one attached hydrogen (secondary N) is 1. The van der Waals surface area contributed by atoms with Crippen molar-refractivity contribution in [1.82, 2.24) is 0 Å². The lowest BCUT2D eigenvalue weighted by Crippen LogP contribution is -2.37. The molecule has 0 atom stereocenters. The van der Waals surface area contributed by atoms with Crippen LogP contribution >= 0.6 is 0 Å². The Kier molecular flexibility index (Phi) is 2.30. The van der Waals surface area contributed by atoms with E-state index < -0.39 is 0 Å². The highest BCUT2D eigenvalue weighted by molar-refractivity contribution is 6.01. The Bertz CT molecular complexity index is 448. The van der Waals surface area contributed by atoms with E-state index in [1.54, 1.807) is 18.2 Å². The molecule has 4 nitrogen and oxygen atoms in total. The van der Waals surface area contributed by atoms with Crippen LogP contribution in [0.1, 0.15) is 12.5 Å². The Morgan fingerprint density at radius 1 is 1.60 bits per heavy atom. The molecule has 1 amide bonds. The Morgan fingerprint density at radius 2 is 2.40 bits per heavy atom. The van der Waals surface area contributed by atoms with Gasteiger partial charge < -0.3 is 10.2 Å². The highest BCUT2D eigenvalue weighted by Crippen LogP contribution is 2.29. The Labute approximate surface area is 88.1 Å². The molecule has 1 N–H and O–H groups in total. The first kappa shape index (κ1) is 9.53. The smallest absolute Gasteiger partial charge is 0.243 e. The minimum Gasteiger partial charge on any atom is -0.361 e. The van der Waals surface area contributed by atoms with E-state index in [0.29, 0.717) is 12.1 Å². The largest absolute Gasteiger partial charge is 0.361 e. The van der Waals surface area contributed by atoms with Gasteiger partial charge in [0.1, 0.15) is 0 Å². The van der Waals surface area contributed by atoms with Crippen molar-refractivity contribution in [2.75, 3.05) is 23.3 Å². The molecule has 0 radical (unpaired) electrons. The number of hydrogen-bond donors (Lipinski definition) is 1. The van der Waals surface area contributed by atoms with Crippen molar-refractivity contribution >= 4 is 17.3 Å². The third kappa shape index (κ3) is 1.64. The Morgan fingerprint density at radius 3 is 3.07 bits per heavy atom. The van der Waals surface area contributed by atoms with E-state index in [9.17, 15) is 4.79 Å². The third-order valence-electron chi connectivity index (χ3n) is 2.46. The summed E-state index contributed by atoms with van der Waals surface area (Å²) < 4.78 is 0. The maximum Gasteiger partial charge on any atom is 0.243 e. The van der Waals surface area contributed by atoms with Crippen LogP contribution in [-0.2, 0) is 4.79 Å². The summed E-state index contributed by atoms with van der Waals surface area (Å²) in [5.41, 5.74) is 2.33. The number of benzene rings is 1. The van der Waals surface area contributed by atoms with Gasteiger partial charge in [0.2, 0.25) is 5.91 Å². The van der Waals surface area contributed by atoms with Crippen LogP contribution in [0.15, 0.2) is 18.2 Å². The maximum atomic E-state index is 11.3. The van der Waals surface area contributed by atoms with Gasteiger partial charge in [0.25, 0.3) is 0 Å². The normalized spacial score (nSPS) is 14.1. The number of rotatable bonds is 1. The summed E-state index contributed by atoms with van der Waals surface area (Å²) in [6.07, 6.45) is 0. The number of amides is 1. The number of likely N-dealkylation sites (N-methyl/N-ethyl adjacent to an activating group) is 1. The second-order valence-corrected chi connectivity index (χ2v) is 3.41. The highest BCUT2D eigenvalue weighted by Gasteiger charge is 2.20. The Balaban J connectivity index is 2.48. The van der Waals surface area contributed by atoms with Crippen LogP contribution in [0.25, 0.3) is 0 Å². The fraction of sp³-hybridized carbons (Fsp3) is 0.273. The number of nitriles is 1. The van der Waals surface area contributed by atoms with Gasteiger partial charge in [0.15, 0.2) is 0 Å². The molecule has 2 rings (SSSR count). The first-order valence-corrected chi connectivity index (χ1v) is 4.83. The zero-order chi connectivity index (χ0) is 10.8. The van der Waals surface area contributed by atoms with Crippen LogP contribution in [0.4, 0.5) is 11.4 Å². The minimum atomic E-state index is -0.00550. The zero-order valence-corrected chi connectivity index (χ0v) is 8.45. The van der Waals surface area contributed by atoms with E-state index in [0.717, 1.165) is 17.9 Å². The molecule has 0 fully saturated rings. The number of hydrogen-bond acceptors (Lipinski definition) is 3. The van der Waals surface area contributed by atoms with Crippen molar-refractivity contribution in [2.24, 2.45) is 0 Å². The number of fused-ring (bicyclic) bond motifs is 1. The molecule has 1 aromatic carbocycles. The number of nitrogens with zero attached hydrogens (tertiary/aromatic N) is 2. The molecular weight excluding hydrogens is 190 g/mol. The molecule has 4 heteroatoms. The van der Waals surface area contributed by atoms with Crippen molar-refractivity contribution in [3.05, 3.63) is 23.8 Å². The summed E-state index contributed by atoms with van der Waals surface area (Å²) in [7, 11) is 0. The van der Waals surface area contributed by atoms with E-state index >= 15 is 0 Å². The highest BCUT2D eigenvalue weighted by atomic mass is 16.2. The van der Waals surface area contributed by atoms with E-state index in [1.165, 1.54) is 0 Å². The average Bonchev–Trinajstić information content (AvgIpc) is 2.27. The SMILES string of the molecule is CCN1CC(=O)Nc2ccc(C#N)cc21. The maximum absolute atomic E-state index is 11.3. The summed E-state index contributed by atoms with van der Waals surface area (Å²) in [5.74, 6) is -0.00550. The molecule has 1 aliphatic heterocycles. The molecule has 0 unspecified atom stereocenters. The summed E-state index contributed by atoms with van der Waals surface area (Å²) in [5, 5.41) is 11.6. The summed E-state index contributed by atoms with van der Waals surface area (Å²) in [4.78, 5) is 13.3. The fourth-order valence-electron chi connectivity index (χ4n) is 1.70. The Hall–Kier alpha value is -2.02. The minimum absolute atomic E-state index is 0.00550. The van der Waals surface area contributed by atoms with E-state index in [2.05, 4.69) is 11.4 Å². The van der Waals surface area contributed by atoms with Crippen LogP contribution in [-0.4, -0.2) is 19.0 Å². The second-order valence-electron chi connectivity index (χ2n) is 3.41. The number of carbonyl (C=O) groups is 1. The molecule has 0 spiro atoms. The van der Waals surface area contributed by atoms with Crippen LogP contribution in [0, 0.1) is 11.3 Å². The molecule has 0 aromatic heterocycles. The van der Waals surface area contributed by atoms with Gasteiger partial charge in [-0.2, -0.15) is 5.26 Å². The van der Waals surface area contributed by atoms with Crippen LogP contribution in [0.3, 0.4) is 0 Å². The monoisotopic (exact) mass is 201 g/mol. The van der Waals surface area contributed by atoms with Gasteiger partial charge in [-0.1, -0.05) is 0 Å². The summed E-state index contributed by atoms with van der Waals surface area (Å²) >= 11 is 0. The van der Waals surface area contributed by atoms with Crippen molar-refractivity contribution in [3.8, 4) is 6.07 Å². The van der Waals surface area contributed by atoms with Gasteiger partial charge in [0, 0.05) is 6.54 Å². The molecule has 0 aliphatic carbocycles. The zero-order valence-electron chi connectivity index (χ0n) is 8.45. The lowest BCUT2D eigenvalue weighted by Gasteiger charge is -2.29. The first-order chi connectivity index (χ1) is 7.24. The second kappa shape index (κ2) is 3.62. The lowest BCUT2D eigenvalue weighted by atomic mass is 10.1. The molecule has 0 saturated heterocycles. The van der Waals surface area contributed by atoms with Crippen LogP contribution in [0.5, 0.6) is 0 Å². The van der Waals surface area contributed by atoms with Crippen LogP contribution < -0.4 is 10.2 Å². The molecule has 15 heavy (non-hydrogen) atoms. The van der Waals surface area contributed by atoms with E-state index in [1.807, 2.05) is 11.8 Å². The van der Waals surface area contributed by atoms with Gasteiger partial charge >= 0.3 is 0 Å². The molecule has 1 aliphatic rings. The summed E-state index contributed by atoms with van der Waals surface area (Å²) in [6, 6.07) is 7.38. The first-order valence-electron chi connectivity index (χ1n) is 4.83. The topological polar surface area (TPSA) is 56.1 Å².